The third-order valence-corrected chi connectivity index (χ3v) is 3.92. The van der Waals surface area contributed by atoms with E-state index in [4.69, 9.17) is 15.8 Å². The van der Waals surface area contributed by atoms with Crippen LogP contribution in [0.1, 0.15) is 6.92 Å². The predicted octanol–water partition coefficient (Wildman–Crippen LogP) is -0.799. The van der Waals surface area contributed by atoms with Crippen molar-refractivity contribution in [3.05, 3.63) is 12.2 Å². The van der Waals surface area contributed by atoms with E-state index in [1.165, 1.54) is 6.92 Å². The number of carbonyl (C=O) groups excluding carboxylic acids is 2. The van der Waals surface area contributed by atoms with Crippen LogP contribution in [0.15, 0.2) is 12.2 Å². The van der Waals surface area contributed by atoms with Gasteiger partial charge in [0.1, 0.15) is 16.1 Å². The van der Waals surface area contributed by atoms with E-state index in [9.17, 15) is 18.6 Å². The SMILES string of the molecule is C=C(C)C(C(=O)O)N1C(=O)C(NC=O)C1S(=O)Cl. The Morgan fingerprint density at radius 1 is 1.72 bits per heavy atom. The van der Waals surface area contributed by atoms with Crippen molar-refractivity contribution in [2.45, 2.75) is 24.4 Å². The van der Waals surface area contributed by atoms with Crippen LogP contribution in [0.5, 0.6) is 0 Å². The smallest absolute Gasteiger partial charge is 0.330 e. The molecule has 18 heavy (non-hydrogen) atoms. The molecule has 9 heteroatoms. The lowest BCUT2D eigenvalue weighted by atomic mass is 10.00. The van der Waals surface area contributed by atoms with E-state index in [-0.39, 0.29) is 12.0 Å². The number of aliphatic carboxylic acids is 1. The lowest BCUT2D eigenvalue weighted by Gasteiger charge is -2.47. The zero-order valence-corrected chi connectivity index (χ0v) is 10.9. The molecule has 100 valence electrons. The number of carboxylic acids is 1. The maximum absolute atomic E-state index is 11.7. The molecule has 0 aromatic heterocycles. The monoisotopic (exact) mass is 294 g/mol. The van der Waals surface area contributed by atoms with Gasteiger partial charge in [0.25, 0.3) is 0 Å². The maximum Gasteiger partial charge on any atom is 0.330 e. The first-order chi connectivity index (χ1) is 8.32. The van der Waals surface area contributed by atoms with Crippen LogP contribution in [-0.2, 0) is 24.4 Å². The van der Waals surface area contributed by atoms with Crippen LogP contribution in [0.2, 0.25) is 0 Å². The maximum atomic E-state index is 11.7. The van der Waals surface area contributed by atoms with E-state index in [0.29, 0.717) is 0 Å². The molecule has 0 aromatic carbocycles. The Kier molecular flexibility index (Phi) is 4.47. The minimum atomic E-state index is -2.01. The Balaban J connectivity index is 3.04. The van der Waals surface area contributed by atoms with Crippen LogP contribution in [0, 0.1) is 0 Å². The largest absolute Gasteiger partial charge is 0.479 e. The molecule has 4 atom stereocenters. The van der Waals surface area contributed by atoms with Crippen molar-refractivity contribution in [3.63, 3.8) is 0 Å². The summed E-state index contributed by atoms with van der Waals surface area (Å²) in [6.07, 6.45) is 0.271. The quantitative estimate of drug-likeness (QED) is 0.289. The molecule has 2 N–H and O–H groups in total. The van der Waals surface area contributed by atoms with E-state index in [0.717, 1.165) is 4.90 Å². The number of carboxylic acid groups (broad SMARTS) is 1. The zero-order valence-electron chi connectivity index (χ0n) is 9.33. The highest BCUT2D eigenvalue weighted by Gasteiger charge is 2.55. The van der Waals surface area contributed by atoms with Crippen LogP contribution in [0.4, 0.5) is 0 Å². The van der Waals surface area contributed by atoms with Crippen molar-refractivity contribution in [3.8, 4) is 0 Å². The van der Waals surface area contributed by atoms with Gasteiger partial charge in [-0.2, -0.15) is 0 Å². The molecule has 2 amide bonds. The van der Waals surface area contributed by atoms with E-state index in [2.05, 4.69) is 11.9 Å². The molecule has 7 nitrogen and oxygen atoms in total. The molecule has 0 bridgehead atoms. The fourth-order valence-corrected chi connectivity index (χ4v) is 3.13. The van der Waals surface area contributed by atoms with Gasteiger partial charge in [-0.15, -0.1) is 0 Å². The molecule has 1 aliphatic rings. The van der Waals surface area contributed by atoms with Gasteiger partial charge in [-0.05, 0) is 23.2 Å². The van der Waals surface area contributed by atoms with Gasteiger partial charge in [-0.25, -0.2) is 9.00 Å². The Labute approximate surface area is 110 Å². The number of nitrogens with zero attached hydrogens (tertiary/aromatic N) is 1. The summed E-state index contributed by atoms with van der Waals surface area (Å²) >= 11 is 0. The van der Waals surface area contributed by atoms with Crippen molar-refractivity contribution < 1.29 is 23.7 Å². The second-order valence-electron chi connectivity index (χ2n) is 3.73. The van der Waals surface area contributed by atoms with Crippen LogP contribution in [0.25, 0.3) is 0 Å². The van der Waals surface area contributed by atoms with Gasteiger partial charge in [0.2, 0.25) is 12.3 Å². The van der Waals surface area contributed by atoms with E-state index < -0.39 is 39.3 Å². The molecular formula is C9H11ClN2O5S. The normalized spacial score (nSPS) is 25.9. The van der Waals surface area contributed by atoms with Crippen LogP contribution in [-0.4, -0.2) is 50.0 Å². The second kappa shape index (κ2) is 5.49. The van der Waals surface area contributed by atoms with E-state index in [1.54, 1.807) is 0 Å². The molecule has 1 heterocycles. The number of amides is 2. The average molecular weight is 295 g/mol. The Morgan fingerprint density at radius 3 is 2.61 bits per heavy atom. The minimum absolute atomic E-state index is 0.201. The molecule has 0 aliphatic carbocycles. The summed E-state index contributed by atoms with van der Waals surface area (Å²) < 4.78 is 11.3. The summed E-state index contributed by atoms with van der Waals surface area (Å²) in [4.78, 5) is 34.0. The first-order valence-corrected chi connectivity index (χ1v) is 6.83. The van der Waals surface area contributed by atoms with Crippen molar-refractivity contribution in [1.82, 2.24) is 10.2 Å². The topological polar surface area (TPSA) is 104 Å². The summed E-state index contributed by atoms with van der Waals surface area (Å²) in [6.45, 7) is 4.90. The summed E-state index contributed by atoms with van der Waals surface area (Å²) in [7, 11) is 3.42. The standard InChI is InChI=1S/C9H11ClN2O5S/c1-4(2)6(9(15)16)12-7(14)5(11-3-13)8(12)18(10)17/h3,5-6,8H,1H2,2H3,(H,11,13)(H,15,16). The Bertz CT molecular complexity index is 427. The van der Waals surface area contributed by atoms with Crippen LogP contribution < -0.4 is 5.32 Å². The Hall–Kier alpha value is -1.41. The highest BCUT2D eigenvalue weighted by Crippen LogP contribution is 2.29. The molecule has 1 saturated heterocycles. The van der Waals surface area contributed by atoms with Crippen LogP contribution in [0.3, 0.4) is 0 Å². The molecule has 1 rings (SSSR count). The molecule has 0 radical (unpaired) electrons. The first-order valence-electron chi connectivity index (χ1n) is 4.79. The van der Waals surface area contributed by atoms with Gasteiger partial charge in [0.15, 0.2) is 11.4 Å². The fraction of sp³-hybridized carbons (Fsp3) is 0.444. The number of hydrogen-bond donors (Lipinski definition) is 2. The number of hydrogen-bond acceptors (Lipinski definition) is 4. The third kappa shape index (κ3) is 2.39. The summed E-state index contributed by atoms with van der Waals surface area (Å²) in [6, 6.07) is -2.38. The number of likely N-dealkylation sites (tertiary alicyclic amines) is 1. The lowest BCUT2D eigenvalue weighted by molar-refractivity contribution is -0.159. The third-order valence-electron chi connectivity index (χ3n) is 2.50. The summed E-state index contributed by atoms with van der Waals surface area (Å²) in [5, 5.41) is 10.1. The van der Waals surface area contributed by atoms with Gasteiger partial charge in [-0.1, -0.05) is 6.58 Å². The van der Waals surface area contributed by atoms with Gasteiger partial charge in [-0.3, -0.25) is 9.59 Å². The minimum Gasteiger partial charge on any atom is -0.479 e. The number of β-lactam (4-membered cyclic amide) rings is 1. The number of carbonyl (C=O) groups is 3. The zero-order chi connectivity index (χ0) is 14.0. The highest BCUT2D eigenvalue weighted by atomic mass is 35.7. The molecular weight excluding hydrogens is 284 g/mol. The van der Waals surface area contributed by atoms with Gasteiger partial charge in [0.05, 0.1) is 0 Å². The lowest BCUT2D eigenvalue weighted by Crippen LogP contribution is -2.74. The molecule has 0 aromatic rings. The summed E-state index contributed by atoms with van der Waals surface area (Å²) in [5.74, 6) is -1.95. The second-order valence-corrected chi connectivity index (χ2v) is 5.63. The first kappa shape index (κ1) is 14.7. The van der Waals surface area contributed by atoms with Crippen LogP contribution >= 0.6 is 10.7 Å². The fourth-order valence-electron chi connectivity index (χ4n) is 1.75. The van der Waals surface area contributed by atoms with Crippen molar-refractivity contribution in [2.75, 3.05) is 0 Å². The summed E-state index contributed by atoms with van der Waals surface area (Å²) in [5.41, 5.74) is 0.201. The van der Waals surface area contributed by atoms with Gasteiger partial charge in [0, 0.05) is 0 Å². The Morgan fingerprint density at radius 2 is 2.28 bits per heavy atom. The predicted molar refractivity (Wildman–Crippen MR) is 63.9 cm³/mol. The molecule has 0 spiro atoms. The molecule has 1 aliphatic heterocycles. The van der Waals surface area contributed by atoms with E-state index >= 15 is 0 Å². The number of nitrogens with one attached hydrogen (secondary N) is 1. The van der Waals surface area contributed by atoms with Crippen molar-refractivity contribution in [2.24, 2.45) is 0 Å². The number of rotatable bonds is 6. The molecule has 4 unspecified atom stereocenters. The highest BCUT2D eigenvalue weighted by molar-refractivity contribution is 8.08. The molecule has 1 fully saturated rings. The van der Waals surface area contributed by atoms with Crippen molar-refractivity contribution >= 4 is 39.0 Å². The van der Waals surface area contributed by atoms with Gasteiger partial charge >= 0.3 is 5.97 Å². The van der Waals surface area contributed by atoms with Gasteiger partial charge < -0.3 is 15.3 Å². The average Bonchev–Trinajstić information content (AvgIpc) is 2.24. The van der Waals surface area contributed by atoms with Crippen molar-refractivity contribution in [1.29, 1.82) is 0 Å². The molecule has 0 saturated carbocycles. The number of halogens is 1. The van der Waals surface area contributed by atoms with E-state index in [1.807, 2.05) is 0 Å².